The number of hydrogen-bond acceptors (Lipinski definition) is 6. The van der Waals surface area contributed by atoms with E-state index in [1.807, 2.05) is 32.0 Å². The predicted molar refractivity (Wildman–Crippen MR) is 103 cm³/mol. The predicted octanol–water partition coefficient (Wildman–Crippen LogP) is 1.63. The molecule has 2 heterocycles. The zero-order valence-corrected chi connectivity index (χ0v) is 15.4. The molecule has 0 unspecified atom stereocenters. The molecule has 6 heteroatoms. The molecule has 1 aromatic carbocycles. The van der Waals surface area contributed by atoms with Crippen molar-refractivity contribution in [3.8, 4) is 0 Å². The van der Waals surface area contributed by atoms with E-state index in [2.05, 4.69) is 39.0 Å². The minimum Gasteiger partial charge on any atom is -0.363 e. The first-order chi connectivity index (χ1) is 12.0. The third kappa shape index (κ3) is 4.46. The highest BCUT2D eigenvalue weighted by Crippen LogP contribution is 2.18. The first kappa shape index (κ1) is 17.6. The smallest absolute Gasteiger partial charge is 0.227 e. The number of anilines is 2. The van der Waals surface area contributed by atoms with Crippen LogP contribution in [0.5, 0.6) is 0 Å². The maximum Gasteiger partial charge on any atom is 0.227 e. The van der Waals surface area contributed by atoms with Gasteiger partial charge < -0.3 is 15.5 Å². The molecule has 0 bridgehead atoms. The number of rotatable bonds is 5. The average Bonchev–Trinajstić information content (AvgIpc) is 2.62. The summed E-state index contributed by atoms with van der Waals surface area (Å²) in [5.41, 5.74) is 9.20. The van der Waals surface area contributed by atoms with Gasteiger partial charge in [0.25, 0.3) is 0 Å². The monoisotopic (exact) mass is 340 g/mol. The highest BCUT2D eigenvalue weighted by Gasteiger charge is 2.20. The molecular weight excluding hydrogens is 312 g/mol. The van der Waals surface area contributed by atoms with Gasteiger partial charge in [-0.1, -0.05) is 24.3 Å². The molecule has 0 aliphatic carbocycles. The molecule has 0 atom stereocenters. The van der Waals surface area contributed by atoms with E-state index < -0.39 is 0 Å². The Morgan fingerprint density at radius 2 is 1.64 bits per heavy atom. The number of nitrogens with two attached hydrogens (primary N) is 1. The van der Waals surface area contributed by atoms with Crippen LogP contribution in [0.25, 0.3) is 0 Å². The van der Waals surface area contributed by atoms with Gasteiger partial charge in [0.1, 0.15) is 5.82 Å². The van der Waals surface area contributed by atoms with Crippen LogP contribution in [0.4, 0.5) is 11.8 Å². The van der Waals surface area contributed by atoms with Gasteiger partial charge >= 0.3 is 0 Å². The second-order valence-electron chi connectivity index (χ2n) is 6.85. The summed E-state index contributed by atoms with van der Waals surface area (Å²) in [6.07, 6.45) is 0. The van der Waals surface area contributed by atoms with Crippen molar-refractivity contribution < 1.29 is 0 Å². The van der Waals surface area contributed by atoms with Crippen molar-refractivity contribution >= 4 is 11.8 Å². The lowest BCUT2D eigenvalue weighted by Gasteiger charge is -2.35. The molecule has 0 spiro atoms. The zero-order chi connectivity index (χ0) is 17.8. The minimum atomic E-state index is 0.602. The quantitative estimate of drug-likeness (QED) is 0.893. The fourth-order valence-electron chi connectivity index (χ4n) is 3.05. The zero-order valence-electron chi connectivity index (χ0n) is 15.4. The summed E-state index contributed by atoms with van der Waals surface area (Å²) in [5.74, 6) is 1.81. The molecule has 0 saturated carbocycles. The molecule has 2 N–H and O–H groups in total. The van der Waals surface area contributed by atoms with Gasteiger partial charge in [-0.25, -0.2) is 4.98 Å². The molecule has 1 aliphatic heterocycles. The van der Waals surface area contributed by atoms with Crippen LogP contribution in [-0.4, -0.2) is 55.1 Å². The van der Waals surface area contributed by atoms with Crippen LogP contribution in [0, 0.1) is 6.92 Å². The van der Waals surface area contributed by atoms with Crippen molar-refractivity contribution in [1.82, 2.24) is 14.9 Å². The number of piperazine rings is 1. The number of aryl methyl sites for hydroxylation is 1. The lowest BCUT2D eigenvalue weighted by Crippen LogP contribution is -2.46. The molecular formula is C19H28N6. The summed E-state index contributed by atoms with van der Waals surface area (Å²) in [7, 11) is 4.03. The van der Waals surface area contributed by atoms with Crippen LogP contribution in [0.15, 0.2) is 30.3 Å². The van der Waals surface area contributed by atoms with Gasteiger partial charge in [0, 0.05) is 65.1 Å². The second kappa shape index (κ2) is 7.80. The van der Waals surface area contributed by atoms with Crippen molar-refractivity contribution in [2.45, 2.75) is 20.0 Å². The van der Waals surface area contributed by atoms with E-state index in [0.29, 0.717) is 6.54 Å². The van der Waals surface area contributed by atoms with Crippen LogP contribution in [-0.2, 0) is 13.1 Å². The van der Waals surface area contributed by atoms with Gasteiger partial charge in [-0.3, -0.25) is 4.90 Å². The molecule has 3 rings (SSSR count). The molecule has 1 aromatic heterocycles. The molecule has 0 radical (unpaired) electrons. The second-order valence-corrected chi connectivity index (χ2v) is 6.85. The van der Waals surface area contributed by atoms with Gasteiger partial charge in [0.15, 0.2) is 0 Å². The lowest BCUT2D eigenvalue weighted by molar-refractivity contribution is 0.248. The number of nitrogens with zero attached hydrogens (tertiary/aromatic N) is 5. The highest BCUT2D eigenvalue weighted by molar-refractivity contribution is 5.45. The molecule has 1 saturated heterocycles. The molecule has 1 fully saturated rings. The maximum absolute atomic E-state index is 5.66. The Bertz CT molecular complexity index is 690. The SMILES string of the molecule is Cc1cc(N(C)C)nc(N2CCN(Cc3ccc(CN)cc3)CC2)n1. The minimum absolute atomic E-state index is 0.602. The summed E-state index contributed by atoms with van der Waals surface area (Å²) in [6.45, 7) is 7.56. The van der Waals surface area contributed by atoms with Crippen molar-refractivity contribution in [2.75, 3.05) is 50.1 Å². The standard InChI is InChI=1S/C19H28N6/c1-15-12-18(23(2)3)22-19(21-15)25-10-8-24(9-11-25)14-17-6-4-16(13-20)5-7-17/h4-7,12H,8-11,13-14,20H2,1-3H3. The molecule has 0 amide bonds. The van der Waals surface area contributed by atoms with Gasteiger partial charge in [-0.05, 0) is 18.1 Å². The van der Waals surface area contributed by atoms with Crippen LogP contribution in [0.2, 0.25) is 0 Å². The molecule has 25 heavy (non-hydrogen) atoms. The van der Waals surface area contributed by atoms with Crippen molar-refractivity contribution in [1.29, 1.82) is 0 Å². The number of benzene rings is 1. The topological polar surface area (TPSA) is 61.5 Å². The van der Waals surface area contributed by atoms with Crippen molar-refractivity contribution in [3.63, 3.8) is 0 Å². The molecule has 2 aromatic rings. The van der Waals surface area contributed by atoms with Crippen LogP contribution in [0.3, 0.4) is 0 Å². The largest absolute Gasteiger partial charge is 0.363 e. The first-order valence-electron chi connectivity index (χ1n) is 8.83. The van der Waals surface area contributed by atoms with E-state index >= 15 is 0 Å². The maximum atomic E-state index is 5.66. The van der Waals surface area contributed by atoms with E-state index in [0.717, 1.165) is 50.2 Å². The van der Waals surface area contributed by atoms with Gasteiger partial charge in [-0.15, -0.1) is 0 Å². The molecule has 1 aliphatic rings. The Kier molecular flexibility index (Phi) is 5.50. The Morgan fingerprint density at radius 1 is 1.00 bits per heavy atom. The Balaban J connectivity index is 1.59. The lowest BCUT2D eigenvalue weighted by atomic mass is 10.1. The van der Waals surface area contributed by atoms with Crippen LogP contribution >= 0.6 is 0 Å². The Hall–Kier alpha value is -2.18. The van der Waals surface area contributed by atoms with E-state index in [1.165, 1.54) is 11.1 Å². The number of aromatic nitrogens is 2. The van der Waals surface area contributed by atoms with Crippen molar-refractivity contribution in [3.05, 3.63) is 47.2 Å². The van der Waals surface area contributed by atoms with E-state index in [1.54, 1.807) is 0 Å². The summed E-state index contributed by atoms with van der Waals surface area (Å²) in [6, 6.07) is 10.6. The molecule has 6 nitrogen and oxygen atoms in total. The van der Waals surface area contributed by atoms with E-state index in [9.17, 15) is 0 Å². The summed E-state index contributed by atoms with van der Waals surface area (Å²) >= 11 is 0. The van der Waals surface area contributed by atoms with Crippen molar-refractivity contribution in [2.24, 2.45) is 5.73 Å². The van der Waals surface area contributed by atoms with Crippen LogP contribution < -0.4 is 15.5 Å². The van der Waals surface area contributed by atoms with Gasteiger partial charge in [0.05, 0.1) is 0 Å². The summed E-state index contributed by atoms with van der Waals surface area (Å²) in [5, 5.41) is 0. The fraction of sp³-hybridized carbons (Fsp3) is 0.474. The fourth-order valence-corrected chi connectivity index (χ4v) is 3.05. The Labute approximate surface area is 150 Å². The van der Waals surface area contributed by atoms with E-state index in [4.69, 9.17) is 10.7 Å². The Morgan fingerprint density at radius 3 is 2.24 bits per heavy atom. The third-order valence-electron chi connectivity index (χ3n) is 4.61. The highest BCUT2D eigenvalue weighted by atomic mass is 15.3. The summed E-state index contributed by atoms with van der Waals surface area (Å²) < 4.78 is 0. The van der Waals surface area contributed by atoms with Gasteiger partial charge in [0.2, 0.25) is 5.95 Å². The number of hydrogen-bond donors (Lipinski definition) is 1. The average molecular weight is 340 g/mol. The third-order valence-corrected chi connectivity index (χ3v) is 4.61. The summed E-state index contributed by atoms with van der Waals surface area (Å²) in [4.78, 5) is 16.1. The normalized spacial score (nSPS) is 15.4. The molecule has 134 valence electrons. The van der Waals surface area contributed by atoms with Crippen LogP contribution in [0.1, 0.15) is 16.8 Å². The van der Waals surface area contributed by atoms with Gasteiger partial charge in [-0.2, -0.15) is 4.98 Å². The first-order valence-corrected chi connectivity index (χ1v) is 8.83. The van der Waals surface area contributed by atoms with E-state index in [-0.39, 0.29) is 0 Å².